The molecule has 0 saturated carbocycles. The molecule has 0 atom stereocenters. The van der Waals surface area contributed by atoms with Gasteiger partial charge in [0.05, 0.1) is 25.8 Å². The van der Waals surface area contributed by atoms with Gasteiger partial charge >= 0.3 is 5.97 Å². The molecule has 0 aliphatic heterocycles. The second kappa shape index (κ2) is 9.19. The fourth-order valence-electron chi connectivity index (χ4n) is 2.22. The first-order valence-electron chi connectivity index (χ1n) is 7.94. The Morgan fingerprint density at radius 3 is 2.84 bits per heavy atom. The summed E-state index contributed by atoms with van der Waals surface area (Å²) < 4.78 is 10.2. The minimum atomic E-state index is -0.501. The maximum Gasteiger partial charge on any atom is 0.355 e. The van der Waals surface area contributed by atoms with Gasteiger partial charge in [0, 0.05) is 28.1 Å². The predicted molar refractivity (Wildman–Crippen MR) is 96.1 cm³/mol. The zero-order chi connectivity index (χ0) is 18.2. The smallest absolute Gasteiger partial charge is 0.355 e. The number of ether oxygens (including phenoxy) is 2. The molecule has 0 saturated heterocycles. The number of halogens is 1. The summed E-state index contributed by atoms with van der Waals surface area (Å²) in [6.07, 6.45) is 1.62. The minimum Gasteiger partial charge on any atom is -0.461 e. The zero-order valence-electron chi connectivity index (χ0n) is 14.1. The van der Waals surface area contributed by atoms with Crippen molar-refractivity contribution in [2.24, 2.45) is 5.10 Å². The molecule has 2 rings (SSSR count). The normalized spacial score (nSPS) is 11.2. The quantitative estimate of drug-likeness (QED) is 0.325. The van der Waals surface area contributed by atoms with Crippen LogP contribution in [0.25, 0.3) is 10.9 Å². The zero-order valence-corrected chi connectivity index (χ0v) is 14.9. The summed E-state index contributed by atoms with van der Waals surface area (Å²) in [6, 6.07) is 5.19. The molecule has 1 aromatic heterocycles. The molecule has 134 valence electrons. The van der Waals surface area contributed by atoms with Crippen LogP contribution in [0.3, 0.4) is 0 Å². The SMILES string of the molecule is CCOCCC(=O)N/N=C/c1c(C(=O)OCC)[nH]c2cc(Cl)ccc12. The first kappa shape index (κ1) is 19.0. The number of nitrogens with zero attached hydrogens (tertiary/aromatic N) is 1. The van der Waals surface area contributed by atoms with Crippen molar-refractivity contribution >= 4 is 40.6 Å². The van der Waals surface area contributed by atoms with Crippen LogP contribution in [0.2, 0.25) is 5.02 Å². The number of rotatable bonds is 8. The van der Waals surface area contributed by atoms with Crippen molar-refractivity contribution in [3.05, 3.63) is 34.5 Å². The van der Waals surface area contributed by atoms with Crippen molar-refractivity contribution in [1.82, 2.24) is 10.4 Å². The van der Waals surface area contributed by atoms with Gasteiger partial charge in [0.1, 0.15) is 5.69 Å². The van der Waals surface area contributed by atoms with E-state index in [1.807, 2.05) is 6.92 Å². The first-order valence-corrected chi connectivity index (χ1v) is 8.32. The van der Waals surface area contributed by atoms with Gasteiger partial charge in [-0.15, -0.1) is 0 Å². The van der Waals surface area contributed by atoms with E-state index < -0.39 is 5.97 Å². The summed E-state index contributed by atoms with van der Waals surface area (Å²) >= 11 is 5.99. The summed E-state index contributed by atoms with van der Waals surface area (Å²) in [5.41, 5.74) is 3.87. The Balaban J connectivity index is 2.22. The van der Waals surface area contributed by atoms with Crippen LogP contribution < -0.4 is 5.43 Å². The fourth-order valence-corrected chi connectivity index (χ4v) is 2.40. The van der Waals surface area contributed by atoms with E-state index >= 15 is 0 Å². The lowest BCUT2D eigenvalue weighted by Gasteiger charge is -2.02. The second-order valence-corrected chi connectivity index (χ2v) is 5.50. The van der Waals surface area contributed by atoms with Crippen molar-refractivity contribution in [3.63, 3.8) is 0 Å². The van der Waals surface area contributed by atoms with E-state index in [1.54, 1.807) is 25.1 Å². The highest BCUT2D eigenvalue weighted by molar-refractivity contribution is 6.31. The molecular formula is C17H20ClN3O4. The van der Waals surface area contributed by atoms with E-state index in [1.165, 1.54) is 6.21 Å². The molecule has 0 aliphatic carbocycles. The molecule has 0 spiro atoms. The molecule has 25 heavy (non-hydrogen) atoms. The van der Waals surface area contributed by atoms with Crippen LogP contribution in [0.4, 0.5) is 0 Å². The van der Waals surface area contributed by atoms with Crippen LogP contribution >= 0.6 is 11.6 Å². The average Bonchev–Trinajstić information content (AvgIpc) is 2.93. The van der Waals surface area contributed by atoms with Gasteiger partial charge in [-0.25, -0.2) is 10.2 Å². The molecule has 1 heterocycles. The molecule has 7 nitrogen and oxygen atoms in total. The van der Waals surface area contributed by atoms with Crippen LogP contribution in [0.15, 0.2) is 23.3 Å². The monoisotopic (exact) mass is 365 g/mol. The highest BCUT2D eigenvalue weighted by Gasteiger charge is 2.18. The van der Waals surface area contributed by atoms with Gasteiger partial charge in [-0.05, 0) is 26.0 Å². The molecule has 1 amide bonds. The molecule has 0 radical (unpaired) electrons. The number of hydrogen-bond acceptors (Lipinski definition) is 5. The number of esters is 1. The Hall–Kier alpha value is -2.38. The largest absolute Gasteiger partial charge is 0.461 e. The highest BCUT2D eigenvalue weighted by Crippen LogP contribution is 2.24. The second-order valence-electron chi connectivity index (χ2n) is 5.06. The Kier molecular flexibility index (Phi) is 6.97. The highest BCUT2D eigenvalue weighted by atomic mass is 35.5. The van der Waals surface area contributed by atoms with E-state index in [2.05, 4.69) is 15.5 Å². The molecule has 0 fully saturated rings. The minimum absolute atomic E-state index is 0.208. The molecule has 0 bridgehead atoms. The van der Waals surface area contributed by atoms with Crippen molar-refractivity contribution in [2.45, 2.75) is 20.3 Å². The average molecular weight is 366 g/mol. The summed E-state index contributed by atoms with van der Waals surface area (Å²) in [6.45, 7) is 4.72. The number of carbonyl (C=O) groups excluding carboxylic acids is 2. The van der Waals surface area contributed by atoms with Crippen LogP contribution in [0, 0.1) is 0 Å². The predicted octanol–water partition coefficient (Wildman–Crippen LogP) is 2.87. The molecule has 0 unspecified atom stereocenters. The number of aromatic nitrogens is 1. The Morgan fingerprint density at radius 2 is 2.12 bits per heavy atom. The maximum atomic E-state index is 12.1. The standard InChI is InChI=1S/C17H20ClN3O4/c1-3-24-8-7-15(22)21-19-10-13-12-6-5-11(18)9-14(12)20-16(13)17(23)25-4-2/h5-6,9-10,20H,3-4,7-8H2,1-2H3,(H,21,22)/b19-10+. The Labute approximate surface area is 150 Å². The van der Waals surface area contributed by atoms with Gasteiger partial charge < -0.3 is 14.5 Å². The van der Waals surface area contributed by atoms with Gasteiger partial charge in [0.15, 0.2) is 0 Å². The molecule has 0 aliphatic rings. The van der Waals surface area contributed by atoms with Crippen molar-refractivity contribution in [3.8, 4) is 0 Å². The number of aromatic amines is 1. The summed E-state index contributed by atoms with van der Waals surface area (Å²) in [4.78, 5) is 26.8. The van der Waals surface area contributed by atoms with Crippen molar-refractivity contribution in [1.29, 1.82) is 0 Å². The summed E-state index contributed by atoms with van der Waals surface area (Å²) in [5, 5.41) is 5.22. The van der Waals surface area contributed by atoms with Gasteiger partial charge in [0.25, 0.3) is 0 Å². The third kappa shape index (κ3) is 5.04. The Morgan fingerprint density at radius 1 is 1.32 bits per heavy atom. The molecule has 1 aromatic carbocycles. The number of amides is 1. The third-order valence-electron chi connectivity index (χ3n) is 3.34. The van der Waals surface area contributed by atoms with Crippen LogP contribution in [-0.2, 0) is 14.3 Å². The number of fused-ring (bicyclic) bond motifs is 1. The fraction of sp³-hybridized carbons (Fsp3) is 0.353. The summed E-state index contributed by atoms with van der Waals surface area (Å²) in [5.74, 6) is -0.774. The lowest BCUT2D eigenvalue weighted by molar-refractivity contribution is -0.122. The van der Waals surface area contributed by atoms with Gasteiger partial charge in [-0.3, -0.25) is 4.79 Å². The number of carbonyl (C=O) groups is 2. The first-order chi connectivity index (χ1) is 12.1. The topological polar surface area (TPSA) is 92.8 Å². The third-order valence-corrected chi connectivity index (χ3v) is 3.58. The van der Waals surface area contributed by atoms with E-state index in [-0.39, 0.29) is 24.6 Å². The maximum absolute atomic E-state index is 12.1. The lowest BCUT2D eigenvalue weighted by Crippen LogP contribution is -2.19. The number of hydrogen-bond donors (Lipinski definition) is 2. The summed E-state index contributed by atoms with van der Waals surface area (Å²) in [7, 11) is 0. The van der Waals surface area contributed by atoms with Crippen LogP contribution in [0.5, 0.6) is 0 Å². The number of benzene rings is 1. The molecule has 2 aromatic rings. The van der Waals surface area contributed by atoms with Crippen LogP contribution in [0.1, 0.15) is 36.3 Å². The molecule has 2 N–H and O–H groups in total. The van der Waals surface area contributed by atoms with Gasteiger partial charge in [0.2, 0.25) is 5.91 Å². The molecule has 8 heteroatoms. The van der Waals surface area contributed by atoms with E-state index in [4.69, 9.17) is 21.1 Å². The van der Waals surface area contributed by atoms with Crippen molar-refractivity contribution in [2.75, 3.05) is 19.8 Å². The lowest BCUT2D eigenvalue weighted by atomic mass is 10.1. The van der Waals surface area contributed by atoms with E-state index in [0.29, 0.717) is 29.3 Å². The van der Waals surface area contributed by atoms with Crippen molar-refractivity contribution < 1.29 is 19.1 Å². The Bertz CT molecular complexity index is 786. The molecular weight excluding hydrogens is 346 g/mol. The van der Waals surface area contributed by atoms with E-state index in [0.717, 1.165) is 5.39 Å². The van der Waals surface area contributed by atoms with Gasteiger partial charge in [-0.1, -0.05) is 17.7 Å². The van der Waals surface area contributed by atoms with Crippen LogP contribution in [-0.4, -0.2) is 42.9 Å². The number of hydrazone groups is 1. The number of H-pyrrole nitrogens is 1. The number of nitrogens with one attached hydrogen (secondary N) is 2. The van der Waals surface area contributed by atoms with E-state index in [9.17, 15) is 9.59 Å². The van der Waals surface area contributed by atoms with Gasteiger partial charge in [-0.2, -0.15) is 5.10 Å².